The van der Waals surface area contributed by atoms with Crippen molar-refractivity contribution in [2.45, 2.75) is 33.6 Å². The number of hydrogen-bond acceptors (Lipinski definition) is 0. The van der Waals surface area contributed by atoms with Crippen molar-refractivity contribution < 1.29 is 0 Å². The van der Waals surface area contributed by atoms with Crippen LogP contribution in [0.4, 0.5) is 0 Å². The molecule has 1 heteroatoms. The summed E-state index contributed by atoms with van der Waals surface area (Å²) in [6, 6.07) is 6.53. The van der Waals surface area contributed by atoms with Crippen LogP contribution >= 0.6 is 15.9 Å². The monoisotopic (exact) mass is 264 g/mol. The molecule has 0 aromatic heterocycles. The van der Waals surface area contributed by atoms with Gasteiger partial charge in [-0.3, -0.25) is 0 Å². The molecular weight excluding hydrogens is 248 g/mol. The zero-order chi connectivity index (χ0) is 11.3. The van der Waals surface area contributed by atoms with Crippen LogP contribution in [-0.4, -0.2) is 0 Å². The minimum absolute atomic E-state index is 0.444. The highest BCUT2D eigenvalue weighted by Crippen LogP contribution is 2.19. The lowest BCUT2D eigenvalue weighted by atomic mass is 10.0. The van der Waals surface area contributed by atoms with E-state index in [-0.39, 0.29) is 0 Å². The second kappa shape index (κ2) is 5.98. The van der Waals surface area contributed by atoms with Gasteiger partial charge in [0.15, 0.2) is 0 Å². The summed E-state index contributed by atoms with van der Waals surface area (Å²) in [5.41, 5.74) is 2.64. The van der Waals surface area contributed by atoms with Crippen molar-refractivity contribution in [2.24, 2.45) is 5.92 Å². The van der Waals surface area contributed by atoms with Crippen molar-refractivity contribution in [1.29, 1.82) is 0 Å². The van der Waals surface area contributed by atoms with Crippen molar-refractivity contribution in [3.63, 3.8) is 0 Å². The molecule has 0 nitrogen and oxygen atoms in total. The maximum Gasteiger partial charge on any atom is 0.0214 e. The van der Waals surface area contributed by atoms with Crippen LogP contribution in [0.15, 0.2) is 22.7 Å². The number of hydrogen-bond donors (Lipinski definition) is 0. The van der Waals surface area contributed by atoms with Crippen LogP contribution in [0.1, 0.15) is 31.4 Å². The summed E-state index contributed by atoms with van der Waals surface area (Å²) in [5, 5.41) is 0. The summed E-state index contributed by atoms with van der Waals surface area (Å²) in [5.74, 6) is 6.83. The molecule has 80 valence electrons. The zero-order valence-electron chi connectivity index (χ0n) is 9.60. The smallest absolute Gasteiger partial charge is 0.0214 e. The fraction of sp³-hybridized carbons (Fsp3) is 0.429. The van der Waals surface area contributed by atoms with Crippen molar-refractivity contribution in [2.75, 3.05) is 0 Å². The SMILES string of the molecule is CCC#CC(C)Cc1ccc(C)c(Br)c1. The van der Waals surface area contributed by atoms with Crippen LogP contribution in [0.5, 0.6) is 0 Å². The van der Waals surface area contributed by atoms with Gasteiger partial charge in [0.2, 0.25) is 0 Å². The molecule has 1 unspecified atom stereocenters. The van der Waals surface area contributed by atoms with Crippen molar-refractivity contribution >= 4 is 15.9 Å². The Balaban J connectivity index is 2.68. The van der Waals surface area contributed by atoms with E-state index in [9.17, 15) is 0 Å². The Hall–Kier alpha value is -0.740. The number of benzene rings is 1. The van der Waals surface area contributed by atoms with Gasteiger partial charge in [0.1, 0.15) is 0 Å². The van der Waals surface area contributed by atoms with Gasteiger partial charge in [0.25, 0.3) is 0 Å². The van der Waals surface area contributed by atoms with Gasteiger partial charge in [-0.1, -0.05) is 47.8 Å². The molecule has 0 saturated heterocycles. The lowest BCUT2D eigenvalue weighted by Gasteiger charge is -2.06. The van der Waals surface area contributed by atoms with Gasteiger partial charge in [0.05, 0.1) is 0 Å². The predicted molar refractivity (Wildman–Crippen MR) is 69.8 cm³/mol. The number of rotatable bonds is 2. The Morgan fingerprint density at radius 3 is 2.73 bits per heavy atom. The van der Waals surface area contributed by atoms with E-state index in [1.807, 2.05) is 0 Å². The Labute approximate surface area is 101 Å². The van der Waals surface area contributed by atoms with Gasteiger partial charge < -0.3 is 0 Å². The minimum Gasteiger partial charge on any atom is -0.103 e. The number of halogens is 1. The summed E-state index contributed by atoms with van der Waals surface area (Å²) < 4.78 is 1.19. The Bertz CT molecular complexity index is 382. The van der Waals surface area contributed by atoms with Gasteiger partial charge in [0, 0.05) is 16.8 Å². The Kier molecular flexibility index (Phi) is 4.91. The molecule has 0 saturated carbocycles. The highest BCUT2D eigenvalue weighted by molar-refractivity contribution is 9.10. The number of aryl methyl sites for hydroxylation is 1. The molecule has 0 N–H and O–H groups in total. The quantitative estimate of drug-likeness (QED) is 0.697. The molecule has 1 atom stereocenters. The van der Waals surface area contributed by atoms with Gasteiger partial charge >= 0.3 is 0 Å². The van der Waals surface area contributed by atoms with E-state index in [2.05, 4.69) is 66.7 Å². The molecule has 0 bridgehead atoms. The van der Waals surface area contributed by atoms with Crippen LogP contribution in [-0.2, 0) is 6.42 Å². The van der Waals surface area contributed by atoms with E-state index in [0.29, 0.717) is 5.92 Å². The summed E-state index contributed by atoms with van der Waals surface area (Å²) in [6.45, 7) is 6.37. The second-order valence-electron chi connectivity index (χ2n) is 3.86. The van der Waals surface area contributed by atoms with E-state index < -0.39 is 0 Å². The first kappa shape index (κ1) is 12.3. The van der Waals surface area contributed by atoms with Crippen molar-refractivity contribution in [1.82, 2.24) is 0 Å². The molecule has 15 heavy (non-hydrogen) atoms. The van der Waals surface area contributed by atoms with Crippen molar-refractivity contribution in [3.05, 3.63) is 33.8 Å². The highest BCUT2D eigenvalue weighted by atomic mass is 79.9. The maximum atomic E-state index is 3.55. The van der Waals surface area contributed by atoms with E-state index in [0.717, 1.165) is 12.8 Å². The summed E-state index contributed by atoms with van der Waals surface area (Å²) in [6.07, 6.45) is 1.98. The van der Waals surface area contributed by atoms with Gasteiger partial charge in [-0.05, 0) is 30.5 Å². The van der Waals surface area contributed by atoms with Crippen molar-refractivity contribution in [3.8, 4) is 11.8 Å². The third-order valence-corrected chi connectivity index (χ3v) is 3.16. The molecule has 1 aromatic carbocycles. The molecular formula is C14H17Br. The molecule has 0 heterocycles. The topological polar surface area (TPSA) is 0 Å². The fourth-order valence-electron chi connectivity index (χ4n) is 1.44. The largest absolute Gasteiger partial charge is 0.103 e. The van der Waals surface area contributed by atoms with E-state index in [4.69, 9.17) is 0 Å². The lowest BCUT2D eigenvalue weighted by molar-refractivity contribution is 0.749. The van der Waals surface area contributed by atoms with E-state index >= 15 is 0 Å². The van der Waals surface area contributed by atoms with E-state index in [1.54, 1.807) is 0 Å². The molecule has 0 aliphatic rings. The van der Waals surface area contributed by atoms with Crippen LogP contribution in [0.3, 0.4) is 0 Å². The normalized spacial score (nSPS) is 11.7. The maximum absolute atomic E-state index is 3.55. The van der Waals surface area contributed by atoms with Crippen LogP contribution in [0, 0.1) is 24.7 Å². The van der Waals surface area contributed by atoms with Gasteiger partial charge in [-0.25, -0.2) is 0 Å². The predicted octanol–water partition coefficient (Wildman–Crippen LogP) is 4.35. The van der Waals surface area contributed by atoms with Crippen LogP contribution in [0.25, 0.3) is 0 Å². The van der Waals surface area contributed by atoms with E-state index in [1.165, 1.54) is 15.6 Å². The average Bonchev–Trinajstić information content (AvgIpc) is 2.20. The second-order valence-corrected chi connectivity index (χ2v) is 4.72. The molecule has 0 aliphatic heterocycles. The Morgan fingerprint density at radius 1 is 1.40 bits per heavy atom. The highest BCUT2D eigenvalue weighted by Gasteiger charge is 2.01. The zero-order valence-corrected chi connectivity index (χ0v) is 11.2. The van der Waals surface area contributed by atoms with Gasteiger partial charge in [-0.15, -0.1) is 5.92 Å². The molecule has 0 fully saturated rings. The van der Waals surface area contributed by atoms with Crippen LogP contribution in [0.2, 0.25) is 0 Å². The van der Waals surface area contributed by atoms with Gasteiger partial charge in [-0.2, -0.15) is 0 Å². The minimum atomic E-state index is 0.444. The standard InChI is InChI=1S/C14H17Br/c1-4-5-6-11(2)9-13-8-7-12(3)14(15)10-13/h7-8,10-11H,4,9H2,1-3H3. The average molecular weight is 265 g/mol. The third-order valence-electron chi connectivity index (χ3n) is 2.30. The first-order valence-electron chi connectivity index (χ1n) is 5.37. The van der Waals surface area contributed by atoms with Crippen LogP contribution < -0.4 is 0 Å². The molecule has 1 rings (SSSR count). The molecule has 0 radical (unpaired) electrons. The molecule has 0 aliphatic carbocycles. The lowest BCUT2D eigenvalue weighted by Crippen LogP contribution is -1.96. The fourth-order valence-corrected chi connectivity index (χ4v) is 1.87. The summed E-state index contributed by atoms with van der Waals surface area (Å²) >= 11 is 3.55. The first-order chi connectivity index (χ1) is 7.13. The molecule has 0 spiro atoms. The third kappa shape index (κ3) is 4.10. The molecule has 0 amide bonds. The molecule has 1 aromatic rings. The summed E-state index contributed by atoms with van der Waals surface area (Å²) in [4.78, 5) is 0. The first-order valence-corrected chi connectivity index (χ1v) is 6.16. The Morgan fingerprint density at radius 2 is 2.13 bits per heavy atom. The summed E-state index contributed by atoms with van der Waals surface area (Å²) in [7, 11) is 0.